The Morgan fingerprint density at radius 3 is 2.61 bits per heavy atom. The van der Waals surface area contributed by atoms with Gasteiger partial charge in [-0.3, -0.25) is 9.69 Å². The second-order valence-electron chi connectivity index (χ2n) is 8.57. The van der Waals surface area contributed by atoms with Crippen molar-refractivity contribution >= 4 is 17.5 Å². The Morgan fingerprint density at radius 1 is 1.14 bits per heavy atom. The number of ether oxygens (including phenoxy) is 2. The van der Waals surface area contributed by atoms with Gasteiger partial charge >= 0.3 is 0 Å². The van der Waals surface area contributed by atoms with E-state index in [1.165, 1.54) is 19.3 Å². The molecule has 3 aliphatic rings. The molecular weight excluding hydrogens is 376 g/mol. The highest BCUT2D eigenvalue weighted by Crippen LogP contribution is 2.32. The molecule has 1 aromatic rings. The fourth-order valence-electron chi connectivity index (χ4n) is 4.27. The molecule has 0 radical (unpaired) electrons. The monoisotopic (exact) mass is 406 g/mol. The number of amides is 1. The van der Waals surface area contributed by atoms with E-state index in [-0.39, 0.29) is 5.91 Å². The summed E-state index contributed by atoms with van der Waals surface area (Å²) in [4.78, 5) is 17.5. The zero-order valence-electron chi connectivity index (χ0n) is 16.6. The molecule has 28 heavy (non-hydrogen) atoms. The predicted octanol–water partition coefficient (Wildman–Crippen LogP) is 3.60. The Hall–Kier alpha value is -1.30. The molecule has 0 spiro atoms. The maximum absolute atomic E-state index is 13.0. The number of hydrogen-bond donors (Lipinski definition) is 0. The van der Waals surface area contributed by atoms with Crippen LogP contribution >= 0.6 is 11.6 Å². The number of halogens is 1. The molecule has 3 fully saturated rings. The SMILES string of the molecule is O=C(C[C@@]1(COc2ccc(Cl)cc2)CN(CC2CC2)CCO1)N1CCCCC1. The molecule has 1 atom stereocenters. The third-order valence-corrected chi connectivity index (χ3v) is 6.29. The van der Waals surface area contributed by atoms with E-state index >= 15 is 0 Å². The minimum absolute atomic E-state index is 0.202. The first kappa shape index (κ1) is 20.0. The zero-order valence-corrected chi connectivity index (χ0v) is 17.3. The van der Waals surface area contributed by atoms with Crippen LogP contribution in [-0.2, 0) is 9.53 Å². The van der Waals surface area contributed by atoms with Crippen molar-refractivity contribution in [2.45, 2.75) is 44.1 Å². The number of piperidine rings is 1. The molecule has 0 unspecified atom stereocenters. The summed E-state index contributed by atoms with van der Waals surface area (Å²) in [5.41, 5.74) is -0.582. The highest BCUT2D eigenvalue weighted by atomic mass is 35.5. The van der Waals surface area contributed by atoms with Crippen LogP contribution in [0.3, 0.4) is 0 Å². The molecule has 6 heteroatoms. The van der Waals surface area contributed by atoms with Gasteiger partial charge in [-0.05, 0) is 62.3 Å². The molecule has 2 saturated heterocycles. The average molecular weight is 407 g/mol. The number of nitrogens with zero attached hydrogens (tertiary/aromatic N) is 2. The molecule has 5 nitrogen and oxygen atoms in total. The fraction of sp³-hybridized carbons (Fsp3) is 0.682. The Kier molecular flexibility index (Phi) is 6.44. The standard InChI is InChI=1S/C22H31ClN2O3/c23-19-6-8-20(9-7-19)27-17-22(14-21(26)25-10-2-1-3-11-25)16-24(12-13-28-22)15-18-4-5-18/h6-9,18H,1-5,10-17H2/t22-/m0/s1. The average Bonchev–Trinajstić information content (AvgIpc) is 3.52. The van der Waals surface area contributed by atoms with Gasteiger partial charge in [0.05, 0.1) is 13.0 Å². The van der Waals surface area contributed by atoms with Gasteiger partial charge in [0.15, 0.2) is 0 Å². The van der Waals surface area contributed by atoms with Crippen LogP contribution in [0.15, 0.2) is 24.3 Å². The highest BCUT2D eigenvalue weighted by Gasteiger charge is 2.42. The van der Waals surface area contributed by atoms with Crippen molar-refractivity contribution in [3.63, 3.8) is 0 Å². The van der Waals surface area contributed by atoms with Gasteiger partial charge in [0.2, 0.25) is 5.91 Å². The summed E-state index contributed by atoms with van der Waals surface area (Å²) in [7, 11) is 0. The van der Waals surface area contributed by atoms with Crippen molar-refractivity contribution in [1.29, 1.82) is 0 Å². The summed E-state index contributed by atoms with van der Waals surface area (Å²) in [6.07, 6.45) is 6.49. The lowest BCUT2D eigenvalue weighted by molar-refractivity contribution is -0.157. The number of carbonyl (C=O) groups excluding carboxylic acids is 1. The van der Waals surface area contributed by atoms with Crippen LogP contribution in [0.1, 0.15) is 38.5 Å². The van der Waals surface area contributed by atoms with E-state index in [4.69, 9.17) is 21.1 Å². The minimum Gasteiger partial charge on any atom is -0.491 e. The summed E-state index contributed by atoms with van der Waals surface area (Å²) in [6, 6.07) is 7.38. The summed E-state index contributed by atoms with van der Waals surface area (Å²) >= 11 is 5.98. The van der Waals surface area contributed by atoms with Crippen LogP contribution < -0.4 is 4.74 Å². The molecule has 1 aromatic carbocycles. The molecule has 1 amide bonds. The van der Waals surface area contributed by atoms with E-state index < -0.39 is 5.60 Å². The number of carbonyl (C=O) groups is 1. The van der Waals surface area contributed by atoms with Crippen LogP contribution in [0.25, 0.3) is 0 Å². The quantitative estimate of drug-likeness (QED) is 0.693. The summed E-state index contributed by atoms with van der Waals surface area (Å²) < 4.78 is 12.3. The molecular formula is C22H31ClN2O3. The zero-order chi connectivity index (χ0) is 19.4. The lowest BCUT2D eigenvalue weighted by Gasteiger charge is -2.43. The molecule has 2 aliphatic heterocycles. The van der Waals surface area contributed by atoms with E-state index in [1.807, 2.05) is 29.2 Å². The van der Waals surface area contributed by atoms with Crippen LogP contribution in [0.2, 0.25) is 5.02 Å². The van der Waals surface area contributed by atoms with Gasteiger partial charge in [-0.15, -0.1) is 0 Å². The van der Waals surface area contributed by atoms with Gasteiger partial charge < -0.3 is 14.4 Å². The molecule has 0 N–H and O–H groups in total. The van der Waals surface area contributed by atoms with Crippen LogP contribution in [-0.4, -0.2) is 67.2 Å². The first-order valence-electron chi connectivity index (χ1n) is 10.6. The van der Waals surface area contributed by atoms with Crippen molar-refractivity contribution < 1.29 is 14.3 Å². The van der Waals surface area contributed by atoms with Crippen LogP contribution in [0.4, 0.5) is 0 Å². The highest BCUT2D eigenvalue weighted by molar-refractivity contribution is 6.30. The molecule has 1 aliphatic carbocycles. The topological polar surface area (TPSA) is 42.0 Å². The fourth-order valence-corrected chi connectivity index (χ4v) is 4.39. The Morgan fingerprint density at radius 2 is 1.89 bits per heavy atom. The second kappa shape index (κ2) is 9.02. The third-order valence-electron chi connectivity index (χ3n) is 6.04. The van der Waals surface area contributed by atoms with Gasteiger partial charge in [0.25, 0.3) is 0 Å². The van der Waals surface area contributed by atoms with Crippen LogP contribution in [0, 0.1) is 5.92 Å². The van der Waals surface area contributed by atoms with Crippen molar-refractivity contribution in [1.82, 2.24) is 9.80 Å². The lowest BCUT2D eigenvalue weighted by atomic mass is 9.96. The Balaban J connectivity index is 1.44. The Bertz CT molecular complexity index is 658. The van der Waals surface area contributed by atoms with E-state index in [2.05, 4.69) is 4.90 Å². The molecule has 0 aromatic heterocycles. The molecule has 2 heterocycles. The largest absolute Gasteiger partial charge is 0.491 e. The van der Waals surface area contributed by atoms with E-state index in [1.54, 1.807) is 0 Å². The third kappa shape index (κ3) is 5.40. The number of likely N-dealkylation sites (tertiary alicyclic amines) is 1. The number of morpholine rings is 1. The normalized spacial score (nSPS) is 26.2. The van der Waals surface area contributed by atoms with Crippen LogP contribution in [0.5, 0.6) is 5.75 Å². The second-order valence-corrected chi connectivity index (χ2v) is 9.01. The van der Waals surface area contributed by atoms with E-state index in [0.717, 1.165) is 57.2 Å². The molecule has 4 rings (SSSR count). The lowest BCUT2D eigenvalue weighted by Crippen LogP contribution is -2.57. The number of hydrogen-bond acceptors (Lipinski definition) is 4. The smallest absolute Gasteiger partial charge is 0.225 e. The van der Waals surface area contributed by atoms with E-state index in [0.29, 0.717) is 24.7 Å². The maximum Gasteiger partial charge on any atom is 0.225 e. The summed E-state index contributed by atoms with van der Waals surface area (Å²) in [5.74, 6) is 1.79. The predicted molar refractivity (Wildman–Crippen MR) is 110 cm³/mol. The number of rotatable bonds is 7. The number of benzene rings is 1. The molecule has 0 bridgehead atoms. The van der Waals surface area contributed by atoms with Crippen molar-refractivity contribution in [2.75, 3.05) is 45.9 Å². The van der Waals surface area contributed by atoms with Gasteiger partial charge in [0.1, 0.15) is 18.0 Å². The van der Waals surface area contributed by atoms with E-state index in [9.17, 15) is 4.79 Å². The van der Waals surface area contributed by atoms with Gasteiger partial charge in [-0.1, -0.05) is 11.6 Å². The first-order chi connectivity index (χ1) is 13.6. The Labute approximate surface area is 172 Å². The first-order valence-corrected chi connectivity index (χ1v) is 11.0. The summed E-state index contributed by atoms with van der Waals surface area (Å²) in [5, 5.41) is 0.687. The van der Waals surface area contributed by atoms with Crippen molar-refractivity contribution in [2.24, 2.45) is 5.92 Å². The molecule has 1 saturated carbocycles. The van der Waals surface area contributed by atoms with Crippen molar-refractivity contribution in [3.8, 4) is 5.75 Å². The summed E-state index contributed by atoms with van der Waals surface area (Å²) in [6.45, 7) is 5.61. The van der Waals surface area contributed by atoms with Gasteiger partial charge in [-0.25, -0.2) is 0 Å². The molecule has 154 valence electrons. The van der Waals surface area contributed by atoms with Crippen molar-refractivity contribution in [3.05, 3.63) is 29.3 Å². The maximum atomic E-state index is 13.0. The van der Waals surface area contributed by atoms with Gasteiger partial charge in [-0.2, -0.15) is 0 Å². The minimum atomic E-state index is -0.582. The van der Waals surface area contributed by atoms with Gasteiger partial charge in [0, 0.05) is 37.7 Å².